The van der Waals surface area contributed by atoms with Crippen LogP contribution in [0.5, 0.6) is 0 Å². The van der Waals surface area contributed by atoms with Gasteiger partial charge in [0.05, 0.1) is 0 Å². The second-order valence-corrected chi connectivity index (χ2v) is 5.49. The van der Waals surface area contributed by atoms with Gasteiger partial charge in [0.2, 0.25) is 0 Å². The molecule has 2 N–H and O–H groups in total. The number of aliphatic hydroxyl groups is 1. The van der Waals surface area contributed by atoms with Crippen LogP contribution in [0.4, 0.5) is 11.6 Å². The number of hydrogen-bond donors (Lipinski definition) is 2. The predicted octanol–water partition coefficient (Wildman–Crippen LogP) is 1.85. The topological polar surface area (TPSA) is 61.3 Å². The van der Waals surface area contributed by atoms with Crippen molar-refractivity contribution in [3.8, 4) is 0 Å². The highest BCUT2D eigenvalue weighted by molar-refractivity contribution is 5.50. The van der Waals surface area contributed by atoms with Crippen molar-refractivity contribution in [2.75, 3.05) is 37.0 Å². The fourth-order valence-corrected chi connectivity index (χ4v) is 2.46. The first-order valence-corrected chi connectivity index (χ1v) is 7.06. The Balaban J connectivity index is 2.17. The second-order valence-electron chi connectivity index (χ2n) is 5.49. The SMILES string of the molecule is CNc1cc(N2CCC(CCO)C2)nc(C(C)C)n1. The number of aromatic nitrogens is 2. The number of rotatable bonds is 5. The van der Waals surface area contributed by atoms with E-state index in [1.807, 2.05) is 13.1 Å². The summed E-state index contributed by atoms with van der Waals surface area (Å²) in [7, 11) is 1.88. The van der Waals surface area contributed by atoms with E-state index in [9.17, 15) is 0 Å². The van der Waals surface area contributed by atoms with Gasteiger partial charge in [0.25, 0.3) is 0 Å². The predicted molar refractivity (Wildman–Crippen MR) is 77.7 cm³/mol. The van der Waals surface area contributed by atoms with E-state index in [-0.39, 0.29) is 6.61 Å². The fraction of sp³-hybridized carbons (Fsp3) is 0.714. The number of hydrogen-bond acceptors (Lipinski definition) is 5. The molecule has 1 aromatic rings. The summed E-state index contributed by atoms with van der Waals surface area (Å²) in [5.41, 5.74) is 0. The Morgan fingerprint density at radius 1 is 1.47 bits per heavy atom. The molecule has 0 aromatic carbocycles. The first kappa shape index (κ1) is 14.1. The quantitative estimate of drug-likeness (QED) is 0.850. The number of anilines is 2. The first-order valence-electron chi connectivity index (χ1n) is 7.06. The number of nitrogens with one attached hydrogen (secondary N) is 1. The lowest BCUT2D eigenvalue weighted by Gasteiger charge is -2.19. The molecule has 1 aromatic heterocycles. The Bertz CT molecular complexity index is 422. The van der Waals surface area contributed by atoms with E-state index in [0.717, 1.165) is 43.4 Å². The lowest BCUT2D eigenvalue weighted by molar-refractivity contribution is 0.263. The van der Waals surface area contributed by atoms with Gasteiger partial charge in [0, 0.05) is 38.7 Å². The van der Waals surface area contributed by atoms with Crippen LogP contribution in [-0.4, -0.2) is 41.8 Å². The smallest absolute Gasteiger partial charge is 0.135 e. The minimum Gasteiger partial charge on any atom is -0.396 e. The maximum Gasteiger partial charge on any atom is 0.135 e. The molecule has 1 fully saturated rings. The lowest BCUT2D eigenvalue weighted by Crippen LogP contribution is -2.22. The van der Waals surface area contributed by atoms with E-state index in [0.29, 0.717) is 11.8 Å². The van der Waals surface area contributed by atoms with Crippen molar-refractivity contribution in [2.45, 2.75) is 32.6 Å². The molecule has 1 unspecified atom stereocenters. The summed E-state index contributed by atoms with van der Waals surface area (Å²) < 4.78 is 0. The molecule has 1 atom stereocenters. The Hall–Kier alpha value is -1.36. The third kappa shape index (κ3) is 3.35. The van der Waals surface area contributed by atoms with Crippen LogP contribution in [0.25, 0.3) is 0 Å². The lowest BCUT2D eigenvalue weighted by atomic mass is 10.1. The zero-order chi connectivity index (χ0) is 13.8. The van der Waals surface area contributed by atoms with Gasteiger partial charge in [-0.15, -0.1) is 0 Å². The molecule has 0 aliphatic carbocycles. The second kappa shape index (κ2) is 6.19. The molecule has 2 rings (SSSR count). The van der Waals surface area contributed by atoms with Crippen LogP contribution in [0.3, 0.4) is 0 Å². The third-order valence-electron chi connectivity index (χ3n) is 3.65. The molecule has 106 valence electrons. The number of nitrogens with zero attached hydrogens (tertiary/aromatic N) is 3. The molecule has 0 spiro atoms. The zero-order valence-electron chi connectivity index (χ0n) is 12.1. The van der Waals surface area contributed by atoms with Crippen LogP contribution in [0.15, 0.2) is 6.07 Å². The fourth-order valence-electron chi connectivity index (χ4n) is 2.46. The molecule has 0 bridgehead atoms. The molecule has 2 heterocycles. The van der Waals surface area contributed by atoms with Crippen molar-refractivity contribution in [3.05, 3.63) is 11.9 Å². The van der Waals surface area contributed by atoms with E-state index < -0.39 is 0 Å². The minimum absolute atomic E-state index is 0.279. The van der Waals surface area contributed by atoms with Crippen molar-refractivity contribution in [3.63, 3.8) is 0 Å². The van der Waals surface area contributed by atoms with Crippen molar-refractivity contribution in [1.29, 1.82) is 0 Å². The van der Waals surface area contributed by atoms with Crippen LogP contribution in [0.1, 0.15) is 38.4 Å². The highest BCUT2D eigenvalue weighted by Gasteiger charge is 2.24. The van der Waals surface area contributed by atoms with E-state index >= 15 is 0 Å². The molecule has 1 aliphatic heterocycles. The maximum absolute atomic E-state index is 9.03. The van der Waals surface area contributed by atoms with Gasteiger partial charge in [-0.25, -0.2) is 9.97 Å². The van der Waals surface area contributed by atoms with E-state index in [1.54, 1.807) is 0 Å². The largest absolute Gasteiger partial charge is 0.396 e. The van der Waals surface area contributed by atoms with Gasteiger partial charge >= 0.3 is 0 Å². The van der Waals surface area contributed by atoms with Crippen LogP contribution >= 0.6 is 0 Å². The monoisotopic (exact) mass is 264 g/mol. The Morgan fingerprint density at radius 3 is 2.89 bits per heavy atom. The van der Waals surface area contributed by atoms with E-state index in [2.05, 4.69) is 34.0 Å². The molecule has 0 radical (unpaired) electrons. The molecule has 19 heavy (non-hydrogen) atoms. The van der Waals surface area contributed by atoms with Gasteiger partial charge in [-0.2, -0.15) is 0 Å². The molecular weight excluding hydrogens is 240 g/mol. The van der Waals surface area contributed by atoms with Crippen molar-refractivity contribution in [2.24, 2.45) is 5.92 Å². The molecule has 1 aliphatic rings. The van der Waals surface area contributed by atoms with Crippen LogP contribution < -0.4 is 10.2 Å². The maximum atomic E-state index is 9.03. The van der Waals surface area contributed by atoms with Crippen LogP contribution in [-0.2, 0) is 0 Å². The van der Waals surface area contributed by atoms with Crippen LogP contribution in [0.2, 0.25) is 0 Å². The highest BCUT2D eigenvalue weighted by atomic mass is 16.3. The Labute approximate surface area is 115 Å². The summed E-state index contributed by atoms with van der Waals surface area (Å²) in [6, 6.07) is 2.01. The number of aliphatic hydroxyl groups excluding tert-OH is 1. The molecule has 0 amide bonds. The highest BCUT2D eigenvalue weighted by Crippen LogP contribution is 2.26. The zero-order valence-corrected chi connectivity index (χ0v) is 12.1. The summed E-state index contributed by atoms with van der Waals surface area (Å²) in [4.78, 5) is 11.5. The summed E-state index contributed by atoms with van der Waals surface area (Å²) in [5.74, 6) is 3.67. The van der Waals surface area contributed by atoms with Crippen LogP contribution in [0, 0.1) is 5.92 Å². The third-order valence-corrected chi connectivity index (χ3v) is 3.65. The van der Waals surface area contributed by atoms with Crippen molar-refractivity contribution < 1.29 is 5.11 Å². The normalized spacial score (nSPS) is 19.2. The van der Waals surface area contributed by atoms with Crippen molar-refractivity contribution >= 4 is 11.6 Å². The Kier molecular flexibility index (Phi) is 4.58. The molecular formula is C14H24N4O. The first-order chi connectivity index (χ1) is 9.13. The molecule has 1 saturated heterocycles. The Morgan fingerprint density at radius 2 is 2.26 bits per heavy atom. The van der Waals surface area contributed by atoms with Crippen molar-refractivity contribution in [1.82, 2.24) is 9.97 Å². The molecule has 5 heteroatoms. The van der Waals surface area contributed by atoms with Gasteiger partial charge in [-0.1, -0.05) is 13.8 Å². The average molecular weight is 264 g/mol. The van der Waals surface area contributed by atoms with E-state index in [4.69, 9.17) is 5.11 Å². The van der Waals surface area contributed by atoms with Gasteiger partial charge in [0.1, 0.15) is 17.5 Å². The summed E-state index contributed by atoms with van der Waals surface area (Å²) in [6.45, 7) is 6.50. The van der Waals surface area contributed by atoms with Gasteiger partial charge < -0.3 is 15.3 Å². The average Bonchev–Trinajstić information content (AvgIpc) is 2.87. The van der Waals surface area contributed by atoms with E-state index in [1.165, 1.54) is 0 Å². The molecule has 0 saturated carbocycles. The standard InChI is InChI=1S/C14H24N4O/c1-10(2)14-16-12(15-3)8-13(17-14)18-6-4-11(9-18)5-7-19/h8,10-11,19H,4-7,9H2,1-3H3,(H,15,16,17). The summed E-state index contributed by atoms with van der Waals surface area (Å²) >= 11 is 0. The van der Waals surface area contributed by atoms with Gasteiger partial charge in [0.15, 0.2) is 0 Å². The summed E-state index contributed by atoms with van der Waals surface area (Å²) in [5, 5.41) is 12.1. The van der Waals surface area contributed by atoms with Gasteiger partial charge in [-0.05, 0) is 18.8 Å². The minimum atomic E-state index is 0.279. The van der Waals surface area contributed by atoms with Gasteiger partial charge in [-0.3, -0.25) is 0 Å². The summed E-state index contributed by atoms with van der Waals surface area (Å²) in [6.07, 6.45) is 2.02. The molecule has 5 nitrogen and oxygen atoms in total.